The number of nitrogen functional groups attached to an aromatic ring is 1. The fraction of sp³-hybridized carbons (Fsp3) is 0.294. The average molecular weight is 706 g/mol. The number of esters is 1. The number of nitrogens with two attached hydrogens (primary N) is 1. The number of carbonyl (C=O) groups excluding carboxylic acids is 1. The number of aromatic amines is 1. The van der Waals surface area contributed by atoms with Crippen LogP contribution in [0.25, 0.3) is 11.2 Å². The number of imidazole rings is 1. The first kappa shape index (κ1) is 31.6. The van der Waals surface area contributed by atoms with Gasteiger partial charge in [-0.15, -0.1) is 0 Å². The number of phosphoric ester groups is 1. The number of halogens is 1. The van der Waals surface area contributed by atoms with E-state index in [1.165, 1.54) is 12.1 Å². The van der Waals surface area contributed by atoms with E-state index < -0.39 is 66.1 Å². The van der Waals surface area contributed by atoms with E-state index in [4.69, 9.17) is 25.0 Å². The first-order valence-corrected chi connectivity index (χ1v) is 16.1. The quantitative estimate of drug-likeness (QED) is 0.0846. The third-order valence-corrected chi connectivity index (χ3v) is 9.54. The van der Waals surface area contributed by atoms with Gasteiger partial charge in [-0.2, -0.15) is 8.62 Å². The van der Waals surface area contributed by atoms with E-state index in [2.05, 4.69) is 44.0 Å². The van der Waals surface area contributed by atoms with Crippen LogP contribution in [0.4, 0.5) is 5.69 Å². The van der Waals surface area contributed by atoms with Crippen molar-refractivity contribution in [1.29, 1.82) is 0 Å². The second-order valence-corrected chi connectivity index (χ2v) is 13.4. The van der Waals surface area contributed by atoms with Crippen molar-refractivity contribution in [2.24, 2.45) is 0 Å². The van der Waals surface area contributed by atoms with Gasteiger partial charge >= 0.3 is 29.4 Å². The van der Waals surface area contributed by atoms with Gasteiger partial charge in [-0.25, -0.2) is 28.5 Å². The summed E-state index contributed by atoms with van der Waals surface area (Å²) >= 11 is 3.18. The van der Waals surface area contributed by atoms with Crippen molar-refractivity contribution in [3.63, 3.8) is 0 Å². The number of nitrogens with one attached hydrogen (secondary N) is 1. The van der Waals surface area contributed by atoms with E-state index in [0.717, 1.165) is 17.2 Å². The zero-order valence-corrected chi connectivity index (χ0v) is 24.1. The molecule has 1 aromatic carbocycles. The molecule has 1 saturated heterocycles. The lowest BCUT2D eigenvalue weighted by Gasteiger charge is -2.22. The number of hydrogen-bond donors (Lipinski definition) is 7. The summed E-state index contributed by atoms with van der Waals surface area (Å²) in [6.45, 7) is -1.08. The number of aliphatic hydroxyl groups is 1. The molecule has 224 valence electrons. The summed E-state index contributed by atoms with van der Waals surface area (Å²) in [5, 5.41) is 11.1. The molecule has 20 nitrogen and oxygen atoms in total. The van der Waals surface area contributed by atoms with E-state index in [1.54, 1.807) is 6.07 Å². The lowest BCUT2D eigenvalue weighted by molar-refractivity contribution is -0.0520. The van der Waals surface area contributed by atoms with E-state index >= 15 is 0 Å². The Labute approximate surface area is 235 Å². The summed E-state index contributed by atoms with van der Waals surface area (Å²) in [5.41, 5.74) is 4.86. The van der Waals surface area contributed by atoms with Gasteiger partial charge in [-0.3, -0.25) is 13.9 Å². The minimum absolute atomic E-state index is 0.00278. The largest absolute Gasteiger partial charge is 0.490 e. The Bertz CT molecular complexity index is 1680. The zero-order chi connectivity index (χ0) is 30.3. The molecule has 0 bridgehead atoms. The maximum Gasteiger partial charge on any atom is 0.490 e. The highest BCUT2D eigenvalue weighted by Crippen LogP contribution is 2.66. The molecule has 1 aliphatic rings. The molecule has 4 rings (SSSR count). The molecule has 41 heavy (non-hydrogen) atoms. The number of ether oxygens (including phenoxy) is 2. The minimum atomic E-state index is -5.83. The van der Waals surface area contributed by atoms with Gasteiger partial charge in [0.25, 0.3) is 5.56 Å². The highest BCUT2D eigenvalue weighted by atomic mass is 79.9. The van der Waals surface area contributed by atoms with E-state index in [0.29, 0.717) is 4.47 Å². The summed E-state index contributed by atoms with van der Waals surface area (Å²) in [6, 6.07) is 4.25. The molecule has 3 aromatic rings. The summed E-state index contributed by atoms with van der Waals surface area (Å²) in [4.78, 5) is 71.7. The predicted octanol–water partition coefficient (Wildman–Crippen LogP) is 0.291. The Morgan fingerprint density at radius 2 is 1.85 bits per heavy atom. The molecule has 0 spiro atoms. The van der Waals surface area contributed by atoms with Gasteiger partial charge in [0.15, 0.2) is 23.5 Å². The second kappa shape index (κ2) is 11.7. The molecule has 8 N–H and O–H groups in total. The molecule has 1 aliphatic heterocycles. The topological polar surface area (TPSA) is 305 Å². The molecule has 2 unspecified atom stereocenters. The van der Waals surface area contributed by atoms with Crippen molar-refractivity contribution >= 4 is 62.2 Å². The first-order chi connectivity index (χ1) is 19.0. The molecule has 3 heterocycles. The minimum Gasteiger partial charge on any atom is -0.453 e. The van der Waals surface area contributed by atoms with Gasteiger partial charge in [0, 0.05) is 10.2 Å². The number of aliphatic hydroxyl groups excluding tert-OH is 1. The molecule has 0 saturated carbocycles. The van der Waals surface area contributed by atoms with Crippen LogP contribution in [0, 0.1) is 0 Å². The Kier molecular flexibility index (Phi) is 9.04. The molecular formula is C17H19BrN5O15P3. The van der Waals surface area contributed by atoms with Crippen molar-refractivity contribution in [2.75, 3.05) is 12.3 Å². The number of anilines is 1. The first-order valence-electron chi connectivity index (χ1n) is 10.7. The summed E-state index contributed by atoms with van der Waals surface area (Å²) < 4.78 is 59.3. The number of aromatic nitrogens is 4. The standard InChI is InChI=1S/C17H19BrN5O15P3/c18-7-1-2-9(19)8(3-7)17(26)36-13-10(4-34-40(30,31)38-41(32,33)37-39(27,28)29)35-16(12(13)24)23-6-22-11-14(23)20-5-21-15(11)25/h1-3,5-6,10,12-13,16,24H,4,19H2,(H,30,31)(H,32,33)(H,20,21,25)(H2,27,28,29)/t10-,12-,13-,16-/m1/s1. The van der Waals surface area contributed by atoms with Crippen LogP contribution in [-0.4, -0.2) is 75.1 Å². The molecule has 0 amide bonds. The number of H-pyrrole nitrogens is 1. The van der Waals surface area contributed by atoms with Crippen molar-refractivity contribution in [2.45, 2.75) is 24.5 Å². The molecule has 0 aliphatic carbocycles. The summed E-state index contributed by atoms with van der Waals surface area (Å²) in [5.74, 6) is -1.06. The number of rotatable bonds is 10. The average Bonchev–Trinajstić information content (AvgIpc) is 3.39. The van der Waals surface area contributed by atoms with Crippen molar-refractivity contribution in [3.8, 4) is 0 Å². The molecule has 6 atom stereocenters. The van der Waals surface area contributed by atoms with Crippen molar-refractivity contribution in [3.05, 3.63) is 51.2 Å². The van der Waals surface area contributed by atoms with Crippen LogP contribution in [0.3, 0.4) is 0 Å². The Balaban J connectivity index is 1.61. The highest BCUT2D eigenvalue weighted by Gasteiger charge is 2.50. The Morgan fingerprint density at radius 1 is 1.15 bits per heavy atom. The zero-order valence-electron chi connectivity index (χ0n) is 19.9. The monoisotopic (exact) mass is 705 g/mol. The maximum absolute atomic E-state index is 12.9. The second-order valence-electron chi connectivity index (χ2n) is 8.10. The van der Waals surface area contributed by atoms with Crippen LogP contribution in [0.15, 0.2) is 40.1 Å². The van der Waals surface area contributed by atoms with Crippen LogP contribution in [0.2, 0.25) is 0 Å². The van der Waals surface area contributed by atoms with Crippen LogP contribution < -0.4 is 11.3 Å². The van der Waals surface area contributed by atoms with Gasteiger partial charge in [0.1, 0.15) is 12.2 Å². The van der Waals surface area contributed by atoms with Gasteiger partial charge in [0.05, 0.1) is 24.8 Å². The molecule has 2 aromatic heterocycles. The fourth-order valence-electron chi connectivity index (χ4n) is 3.64. The SMILES string of the molecule is Nc1ccc(Br)cc1C(=O)O[C@H]1[C@@H](O)[C@H](n2cnc3c(=O)[nH]cnc32)O[C@@H]1COP(=O)(O)OP(=O)(O)OP(=O)(O)O. The summed E-state index contributed by atoms with van der Waals surface area (Å²) in [6.07, 6.45) is -4.42. The predicted molar refractivity (Wildman–Crippen MR) is 136 cm³/mol. The van der Waals surface area contributed by atoms with Crippen molar-refractivity contribution in [1.82, 2.24) is 19.5 Å². The van der Waals surface area contributed by atoms with Crippen LogP contribution in [-0.2, 0) is 36.3 Å². The summed E-state index contributed by atoms with van der Waals surface area (Å²) in [7, 11) is -17.1. The number of hydrogen-bond acceptors (Lipinski definition) is 14. The normalized spacial score (nSPS) is 24.1. The van der Waals surface area contributed by atoms with Crippen LogP contribution in [0.1, 0.15) is 16.6 Å². The molecule has 1 fully saturated rings. The lowest BCUT2D eigenvalue weighted by Crippen LogP contribution is -2.38. The molecular weight excluding hydrogens is 687 g/mol. The number of benzene rings is 1. The number of fused-ring (bicyclic) bond motifs is 1. The van der Waals surface area contributed by atoms with Crippen LogP contribution in [0.5, 0.6) is 0 Å². The van der Waals surface area contributed by atoms with E-state index in [-0.39, 0.29) is 22.4 Å². The Morgan fingerprint density at radius 3 is 2.54 bits per heavy atom. The van der Waals surface area contributed by atoms with Crippen molar-refractivity contribution < 1.29 is 65.8 Å². The fourth-order valence-corrected chi connectivity index (χ4v) is 7.03. The number of nitrogens with zero attached hydrogens (tertiary/aromatic N) is 3. The van der Waals surface area contributed by atoms with Gasteiger partial charge in [-0.05, 0) is 18.2 Å². The Hall–Kier alpha value is -2.35. The maximum atomic E-state index is 12.9. The van der Waals surface area contributed by atoms with Crippen LogP contribution >= 0.6 is 39.4 Å². The van der Waals surface area contributed by atoms with E-state index in [9.17, 15) is 38.2 Å². The molecule has 24 heteroatoms. The third kappa shape index (κ3) is 7.54. The number of phosphoric acid groups is 3. The van der Waals surface area contributed by atoms with Gasteiger partial charge in [-0.1, -0.05) is 15.9 Å². The molecule has 0 radical (unpaired) electrons. The smallest absolute Gasteiger partial charge is 0.453 e. The lowest BCUT2D eigenvalue weighted by atomic mass is 10.1. The van der Waals surface area contributed by atoms with Gasteiger partial charge in [0.2, 0.25) is 0 Å². The highest BCUT2D eigenvalue weighted by molar-refractivity contribution is 9.10. The third-order valence-electron chi connectivity index (χ3n) is 5.24. The number of carbonyl (C=O) groups is 1. The van der Waals surface area contributed by atoms with E-state index in [1.807, 2.05) is 0 Å². The van der Waals surface area contributed by atoms with Gasteiger partial charge < -0.3 is 44.9 Å².